The summed E-state index contributed by atoms with van der Waals surface area (Å²) in [7, 11) is 0. The van der Waals surface area contributed by atoms with E-state index < -0.39 is 11.1 Å². The maximum absolute atomic E-state index is 12.4. The Labute approximate surface area is 146 Å². The lowest BCUT2D eigenvalue weighted by atomic mass is 10.1. The lowest BCUT2D eigenvalue weighted by Gasteiger charge is -2.10. The third-order valence-electron chi connectivity index (χ3n) is 4.17. The molecule has 0 radical (unpaired) electrons. The zero-order chi connectivity index (χ0) is 17.8. The largest absolute Gasteiger partial charge is 0.316 e. The average Bonchev–Trinajstić information content (AvgIpc) is 2.64. The van der Waals surface area contributed by atoms with Crippen molar-refractivity contribution in [2.24, 2.45) is 0 Å². The van der Waals surface area contributed by atoms with Crippen LogP contribution in [0.25, 0.3) is 6.08 Å². The molecular formula is C21H20N2O2. The molecule has 4 nitrogen and oxygen atoms in total. The summed E-state index contributed by atoms with van der Waals surface area (Å²) in [6.45, 7) is 6.50. The second-order valence-corrected chi connectivity index (χ2v) is 6.10. The molecule has 0 N–H and O–H groups in total. The molecule has 3 rings (SSSR count). The Morgan fingerprint density at radius 3 is 1.68 bits per heavy atom. The van der Waals surface area contributed by atoms with Crippen molar-refractivity contribution >= 4 is 6.08 Å². The van der Waals surface area contributed by atoms with Gasteiger partial charge in [-0.2, -0.15) is 0 Å². The summed E-state index contributed by atoms with van der Waals surface area (Å²) in [5.74, 6) is 0. The van der Waals surface area contributed by atoms with Gasteiger partial charge in [0.05, 0.1) is 13.1 Å². The Hall–Kier alpha value is -3.14. The van der Waals surface area contributed by atoms with E-state index in [-0.39, 0.29) is 0 Å². The molecule has 0 unspecified atom stereocenters. The zero-order valence-electron chi connectivity index (χ0n) is 14.2. The monoisotopic (exact) mass is 332 g/mol. The van der Waals surface area contributed by atoms with Crippen LogP contribution in [0.3, 0.4) is 0 Å². The second kappa shape index (κ2) is 7.18. The molecule has 1 aromatic heterocycles. The van der Waals surface area contributed by atoms with E-state index in [1.807, 2.05) is 55.5 Å². The first-order valence-corrected chi connectivity index (χ1v) is 8.13. The van der Waals surface area contributed by atoms with Gasteiger partial charge in [0.15, 0.2) is 0 Å². The minimum atomic E-state index is -0.512. The molecule has 4 heteroatoms. The van der Waals surface area contributed by atoms with Gasteiger partial charge in [-0.15, -0.1) is 0 Å². The molecule has 0 saturated heterocycles. The van der Waals surface area contributed by atoms with E-state index in [0.29, 0.717) is 13.1 Å². The molecule has 0 spiro atoms. The Morgan fingerprint density at radius 2 is 1.24 bits per heavy atom. The fourth-order valence-electron chi connectivity index (χ4n) is 2.64. The van der Waals surface area contributed by atoms with E-state index >= 15 is 0 Å². The highest BCUT2D eigenvalue weighted by molar-refractivity contribution is 5.47. The van der Waals surface area contributed by atoms with Gasteiger partial charge in [0.25, 0.3) is 0 Å². The first kappa shape index (κ1) is 16.7. The number of nitrogens with zero attached hydrogens (tertiary/aromatic N) is 2. The molecule has 2 aromatic carbocycles. The van der Waals surface area contributed by atoms with E-state index in [0.717, 1.165) is 22.3 Å². The van der Waals surface area contributed by atoms with Crippen LogP contribution in [0.2, 0.25) is 0 Å². The van der Waals surface area contributed by atoms with Crippen LogP contribution in [0.15, 0.2) is 77.1 Å². The summed E-state index contributed by atoms with van der Waals surface area (Å²) in [5, 5.41) is 0. The average molecular weight is 332 g/mol. The van der Waals surface area contributed by atoms with Gasteiger partial charge >= 0.3 is 11.1 Å². The normalized spacial score (nSPS) is 10.6. The summed E-state index contributed by atoms with van der Waals surface area (Å²) >= 11 is 0. The molecule has 25 heavy (non-hydrogen) atoms. The van der Waals surface area contributed by atoms with E-state index in [1.54, 1.807) is 18.5 Å². The van der Waals surface area contributed by atoms with Crippen LogP contribution >= 0.6 is 0 Å². The van der Waals surface area contributed by atoms with Gasteiger partial charge in [0, 0.05) is 12.4 Å². The van der Waals surface area contributed by atoms with Gasteiger partial charge in [-0.3, -0.25) is 9.59 Å². The molecule has 0 aliphatic rings. The Kier molecular flexibility index (Phi) is 4.80. The van der Waals surface area contributed by atoms with Gasteiger partial charge in [0.1, 0.15) is 0 Å². The van der Waals surface area contributed by atoms with Crippen molar-refractivity contribution in [3.05, 3.63) is 110 Å². The molecule has 3 aromatic rings. The number of hydrogen-bond donors (Lipinski definition) is 0. The lowest BCUT2D eigenvalue weighted by Crippen LogP contribution is -2.40. The predicted octanol–water partition coefficient (Wildman–Crippen LogP) is 3.06. The molecule has 126 valence electrons. The molecule has 0 fully saturated rings. The number of aryl methyl sites for hydroxylation is 1. The van der Waals surface area contributed by atoms with Gasteiger partial charge in [-0.05, 0) is 23.6 Å². The molecule has 0 atom stereocenters. The summed E-state index contributed by atoms with van der Waals surface area (Å²) in [5.41, 5.74) is 3.11. The number of hydrogen-bond acceptors (Lipinski definition) is 2. The fraction of sp³-hybridized carbons (Fsp3) is 0.143. The van der Waals surface area contributed by atoms with Crippen LogP contribution in [0.5, 0.6) is 0 Å². The van der Waals surface area contributed by atoms with Gasteiger partial charge in [-0.1, -0.05) is 66.7 Å². The van der Waals surface area contributed by atoms with E-state index in [1.165, 1.54) is 9.13 Å². The molecular weight excluding hydrogens is 312 g/mol. The number of benzene rings is 2. The summed E-state index contributed by atoms with van der Waals surface area (Å²) in [4.78, 5) is 24.7. The molecule has 1 heterocycles. The van der Waals surface area contributed by atoms with Crippen molar-refractivity contribution in [1.29, 1.82) is 0 Å². The van der Waals surface area contributed by atoms with E-state index in [9.17, 15) is 9.59 Å². The highest BCUT2D eigenvalue weighted by Crippen LogP contribution is 2.07. The van der Waals surface area contributed by atoms with Crippen LogP contribution < -0.4 is 11.1 Å². The molecule has 0 aliphatic carbocycles. The number of aromatic nitrogens is 2. The van der Waals surface area contributed by atoms with Gasteiger partial charge in [-0.25, -0.2) is 0 Å². The SMILES string of the molecule is C=Cc1ccc(Cn2ccn(Cc3ccc(C)cc3)c(=O)c2=O)cc1. The van der Waals surface area contributed by atoms with Crippen molar-refractivity contribution in [2.45, 2.75) is 20.0 Å². The second-order valence-electron chi connectivity index (χ2n) is 6.10. The van der Waals surface area contributed by atoms with Crippen molar-refractivity contribution in [3.63, 3.8) is 0 Å². The first-order chi connectivity index (χ1) is 12.1. The maximum atomic E-state index is 12.4. The number of rotatable bonds is 5. The van der Waals surface area contributed by atoms with Crippen LogP contribution in [0, 0.1) is 6.92 Å². The standard InChI is InChI=1S/C21H20N2O2/c1-3-17-8-10-19(11-9-17)15-23-13-12-22(20(24)21(23)25)14-18-6-4-16(2)5-7-18/h3-13H,1,14-15H2,2H3. The lowest BCUT2D eigenvalue weighted by molar-refractivity contribution is 0.666. The van der Waals surface area contributed by atoms with Crippen molar-refractivity contribution in [3.8, 4) is 0 Å². The first-order valence-electron chi connectivity index (χ1n) is 8.13. The molecule has 0 amide bonds. The summed E-state index contributed by atoms with van der Waals surface area (Å²) in [6, 6.07) is 15.7. The topological polar surface area (TPSA) is 44.0 Å². The van der Waals surface area contributed by atoms with Crippen LogP contribution in [-0.2, 0) is 13.1 Å². The van der Waals surface area contributed by atoms with E-state index in [4.69, 9.17) is 0 Å². The molecule has 0 bridgehead atoms. The van der Waals surface area contributed by atoms with Crippen molar-refractivity contribution in [2.75, 3.05) is 0 Å². The summed E-state index contributed by atoms with van der Waals surface area (Å²) < 4.78 is 2.89. The van der Waals surface area contributed by atoms with Crippen molar-refractivity contribution < 1.29 is 0 Å². The minimum absolute atomic E-state index is 0.372. The quantitative estimate of drug-likeness (QED) is 0.674. The third kappa shape index (κ3) is 3.86. The minimum Gasteiger partial charge on any atom is -0.305 e. The maximum Gasteiger partial charge on any atom is 0.316 e. The summed E-state index contributed by atoms with van der Waals surface area (Å²) in [6.07, 6.45) is 5.10. The Bertz CT molecular complexity index is 994. The highest BCUT2D eigenvalue weighted by Gasteiger charge is 2.06. The van der Waals surface area contributed by atoms with Crippen LogP contribution in [0.4, 0.5) is 0 Å². The highest BCUT2D eigenvalue weighted by atomic mass is 16.2. The zero-order valence-corrected chi connectivity index (χ0v) is 14.2. The van der Waals surface area contributed by atoms with Gasteiger partial charge < -0.3 is 9.13 Å². The predicted molar refractivity (Wildman–Crippen MR) is 101 cm³/mol. The fourth-order valence-corrected chi connectivity index (χ4v) is 2.64. The Balaban J connectivity index is 1.84. The third-order valence-corrected chi connectivity index (χ3v) is 4.17. The smallest absolute Gasteiger partial charge is 0.305 e. The Morgan fingerprint density at radius 1 is 0.800 bits per heavy atom. The van der Waals surface area contributed by atoms with Crippen LogP contribution in [-0.4, -0.2) is 9.13 Å². The molecule has 0 aliphatic heterocycles. The van der Waals surface area contributed by atoms with Gasteiger partial charge in [0.2, 0.25) is 0 Å². The van der Waals surface area contributed by atoms with E-state index in [2.05, 4.69) is 6.58 Å². The van der Waals surface area contributed by atoms with Crippen molar-refractivity contribution in [1.82, 2.24) is 9.13 Å². The van der Waals surface area contributed by atoms with Crippen LogP contribution in [0.1, 0.15) is 22.3 Å². The molecule has 0 saturated carbocycles.